The molecule has 0 unspecified atom stereocenters. The third-order valence-electron chi connectivity index (χ3n) is 4.26. The van der Waals surface area contributed by atoms with Crippen LogP contribution in [0.3, 0.4) is 0 Å². The first-order valence-corrected chi connectivity index (χ1v) is 7.81. The molecule has 1 aliphatic rings. The molecule has 1 heterocycles. The van der Waals surface area contributed by atoms with Crippen LogP contribution in [0.2, 0.25) is 5.02 Å². The predicted molar refractivity (Wildman–Crippen MR) is 87.5 cm³/mol. The Balaban J connectivity index is 1.72. The molecule has 0 saturated carbocycles. The van der Waals surface area contributed by atoms with Crippen LogP contribution < -0.4 is 0 Å². The van der Waals surface area contributed by atoms with Gasteiger partial charge < -0.3 is 5.11 Å². The van der Waals surface area contributed by atoms with E-state index in [0.29, 0.717) is 18.0 Å². The number of carbonyl (C=O) groups is 1. The molecular weight excluding hydrogens is 298 g/mol. The molecule has 0 radical (unpaired) electrons. The van der Waals surface area contributed by atoms with E-state index in [0.717, 1.165) is 30.1 Å². The normalized spacial score (nSPS) is 18.5. The first-order valence-electron chi connectivity index (χ1n) is 7.43. The van der Waals surface area contributed by atoms with E-state index in [9.17, 15) is 9.90 Å². The predicted octanol–water partition coefficient (Wildman–Crippen LogP) is 4.03. The minimum atomic E-state index is -0.863. The van der Waals surface area contributed by atoms with Crippen molar-refractivity contribution in [1.29, 1.82) is 0 Å². The Hall–Kier alpha value is -1.84. The van der Waals surface area contributed by atoms with Crippen molar-refractivity contribution in [3.05, 3.63) is 70.2 Å². The Morgan fingerprint density at radius 3 is 2.68 bits per heavy atom. The third-order valence-corrected chi connectivity index (χ3v) is 4.60. The Morgan fingerprint density at radius 1 is 1.18 bits per heavy atom. The van der Waals surface area contributed by atoms with E-state index in [1.165, 1.54) is 5.56 Å². The standard InChI is InChI=1S/C18H18ClNO2/c19-17-8-4-3-6-15(17)14-9-10-20(12-14)11-13-5-1-2-7-16(13)18(21)22/h1-8,14H,9-12H2,(H,21,22)/t14-/m0/s1. The number of hydrogen-bond acceptors (Lipinski definition) is 2. The molecular formula is C18H18ClNO2. The molecule has 1 saturated heterocycles. The summed E-state index contributed by atoms with van der Waals surface area (Å²) in [5, 5.41) is 10.1. The van der Waals surface area contributed by atoms with Crippen molar-refractivity contribution in [2.24, 2.45) is 0 Å². The van der Waals surface area contributed by atoms with Crippen molar-refractivity contribution in [3.8, 4) is 0 Å². The summed E-state index contributed by atoms with van der Waals surface area (Å²) in [6.45, 7) is 2.55. The highest BCUT2D eigenvalue weighted by atomic mass is 35.5. The molecule has 114 valence electrons. The van der Waals surface area contributed by atoms with Gasteiger partial charge in [-0.1, -0.05) is 48.0 Å². The summed E-state index contributed by atoms with van der Waals surface area (Å²) >= 11 is 6.28. The lowest BCUT2D eigenvalue weighted by atomic mass is 9.98. The molecule has 3 rings (SSSR count). The smallest absolute Gasteiger partial charge is 0.336 e. The number of likely N-dealkylation sites (tertiary alicyclic amines) is 1. The zero-order chi connectivity index (χ0) is 15.5. The highest BCUT2D eigenvalue weighted by Crippen LogP contribution is 2.32. The molecule has 1 fully saturated rings. The van der Waals surface area contributed by atoms with Crippen LogP contribution in [0.15, 0.2) is 48.5 Å². The van der Waals surface area contributed by atoms with E-state index >= 15 is 0 Å². The summed E-state index contributed by atoms with van der Waals surface area (Å²) in [5.74, 6) is -0.442. The molecule has 2 aromatic rings. The molecule has 1 N–H and O–H groups in total. The second kappa shape index (κ2) is 6.51. The highest BCUT2D eigenvalue weighted by Gasteiger charge is 2.26. The van der Waals surface area contributed by atoms with E-state index in [1.54, 1.807) is 12.1 Å². The summed E-state index contributed by atoms with van der Waals surface area (Å²) in [7, 11) is 0. The van der Waals surface area contributed by atoms with Crippen molar-refractivity contribution in [2.45, 2.75) is 18.9 Å². The number of nitrogens with zero attached hydrogens (tertiary/aromatic N) is 1. The van der Waals surface area contributed by atoms with Crippen LogP contribution >= 0.6 is 11.6 Å². The molecule has 0 aromatic heterocycles. The van der Waals surface area contributed by atoms with E-state index in [-0.39, 0.29) is 0 Å². The molecule has 22 heavy (non-hydrogen) atoms. The maximum Gasteiger partial charge on any atom is 0.336 e. The fraction of sp³-hybridized carbons (Fsp3) is 0.278. The van der Waals surface area contributed by atoms with Gasteiger partial charge in [0, 0.05) is 18.1 Å². The van der Waals surface area contributed by atoms with Gasteiger partial charge in [0.2, 0.25) is 0 Å². The molecule has 3 nitrogen and oxygen atoms in total. The van der Waals surface area contributed by atoms with Gasteiger partial charge in [-0.15, -0.1) is 0 Å². The van der Waals surface area contributed by atoms with Crippen molar-refractivity contribution >= 4 is 17.6 Å². The van der Waals surface area contributed by atoms with Crippen molar-refractivity contribution in [3.63, 3.8) is 0 Å². The Kier molecular flexibility index (Phi) is 4.46. The van der Waals surface area contributed by atoms with Crippen molar-refractivity contribution < 1.29 is 9.90 Å². The molecule has 0 bridgehead atoms. The maximum atomic E-state index is 11.3. The average Bonchev–Trinajstić information content (AvgIpc) is 2.96. The highest BCUT2D eigenvalue weighted by molar-refractivity contribution is 6.31. The van der Waals surface area contributed by atoms with Gasteiger partial charge in [-0.2, -0.15) is 0 Å². The lowest BCUT2D eigenvalue weighted by Gasteiger charge is -2.18. The van der Waals surface area contributed by atoms with E-state index < -0.39 is 5.97 Å². The van der Waals surface area contributed by atoms with Crippen LogP contribution in [0.1, 0.15) is 33.8 Å². The largest absolute Gasteiger partial charge is 0.478 e. The van der Waals surface area contributed by atoms with Crippen LogP contribution in [0.25, 0.3) is 0 Å². The second-order valence-electron chi connectivity index (χ2n) is 5.70. The van der Waals surface area contributed by atoms with E-state index in [2.05, 4.69) is 11.0 Å². The van der Waals surface area contributed by atoms with Gasteiger partial charge in [0.15, 0.2) is 0 Å². The summed E-state index contributed by atoms with van der Waals surface area (Å²) in [4.78, 5) is 13.6. The second-order valence-corrected chi connectivity index (χ2v) is 6.11. The third kappa shape index (κ3) is 3.16. The topological polar surface area (TPSA) is 40.5 Å². The summed E-state index contributed by atoms with van der Waals surface area (Å²) < 4.78 is 0. The number of carboxylic acids is 1. The molecule has 0 aliphatic carbocycles. The summed E-state index contributed by atoms with van der Waals surface area (Å²) in [6, 6.07) is 15.2. The molecule has 1 atom stereocenters. The van der Waals surface area contributed by atoms with Gasteiger partial charge in [-0.25, -0.2) is 4.79 Å². The number of benzene rings is 2. The van der Waals surface area contributed by atoms with Crippen molar-refractivity contribution in [2.75, 3.05) is 13.1 Å². The van der Waals surface area contributed by atoms with Gasteiger partial charge in [-0.05, 0) is 42.1 Å². The quantitative estimate of drug-likeness (QED) is 0.926. The average molecular weight is 316 g/mol. The number of carboxylic acid groups (broad SMARTS) is 1. The van der Waals surface area contributed by atoms with E-state index in [4.69, 9.17) is 11.6 Å². The summed E-state index contributed by atoms with van der Waals surface area (Å²) in [5.41, 5.74) is 2.46. The minimum Gasteiger partial charge on any atom is -0.478 e. The lowest BCUT2D eigenvalue weighted by Crippen LogP contribution is -2.21. The van der Waals surface area contributed by atoms with E-state index in [1.807, 2.05) is 30.3 Å². The molecule has 4 heteroatoms. The Morgan fingerprint density at radius 2 is 1.91 bits per heavy atom. The molecule has 0 spiro atoms. The van der Waals surface area contributed by atoms with Crippen molar-refractivity contribution in [1.82, 2.24) is 4.90 Å². The molecule has 1 aliphatic heterocycles. The van der Waals surface area contributed by atoms with Gasteiger partial charge in [0.25, 0.3) is 0 Å². The minimum absolute atomic E-state index is 0.392. The number of aromatic carboxylic acids is 1. The summed E-state index contributed by atoms with van der Waals surface area (Å²) in [6.07, 6.45) is 1.05. The number of hydrogen-bond donors (Lipinski definition) is 1. The number of rotatable bonds is 4. The Bertz CT molecular complexity index is 686. The molecule has 2 aromatic carbocycles. The zero-order valence-corrected chi connectivity index (χ0v) is 13.0. The van der Waals surface area contributed by atoms with Crippen LogP contribution in [0.5, 0.6) is 0 Å². The van der Waals surface area contributed by atoms with Crippen LogP contribution in [-0.2, 0) is 6.54 Å². The first-order chi connectivity index (χ1) is 10.6. The fourth-order valence-corrected chi connectivity index (χ4v) is 3.43. The Labute approximate surface area is 135 Å². The first kappa shape index (κ1) is 15.1. The maximum absolute atomic E-state index is 11.3. The SMILES string of the molecule is O=C(O)c1ccccc1CN1CC[C@H](c2ccccc2Cl)C1. The van der Waals surface area contributed by atoms with Crippen LogP contribution in [0.4, 0.5) is 0 Å². The van der Waals surface area contributed by atoms with Gasteiger partial charge in [0.1, 0.15) is 0 Å². The van der Waals surface area contributed by atoms with Crippen LogP contribution in [-0.4, -0.2) is 29.1 Å². The van der Waals surface area contributed by atoms with Gasteiger partial charge in [0.05, 0.1) is 5.56 Å². The number of halogens is 1. The monoisotopic (exact) mass is 315 g/mol. The lowest BCUT2D eigenvalue weighted by molar-refractivity contribution is 0.0694. The van der Waals surface area contributed by atoms with Crippen LogP contribution in [0, 0.1) is 0 Å². The van der Waals surface area contributed by atoms with Gasteiger partial charge >= 0.3 is 5.97 Å². The molecule has 0 amide bonds. The zero-order valence-electron chi connectivity index (χ0n) is 12.2. The fourth-order valence-electron chi connectivity index (χ4n) is 3.14. The van der Waals surface area contributed by atoms with Gasteiger partial charge in [-0.3, -0.25) is 4.90 Å².